The minimum absolute atomic E-state index is 0.108. The van der Waals surface area contributed by atoms with Gasteiger partial charge in [0, 0.05) is 23.9 Å². The molecule has 0 aromatic heterocycles. The van der Waals surface area contributed by atoms with Crippen LogP contribution in [-0.2, 0) is 21.2 Å². The summed E-state index contributed by atoms with van der Waals surface area (Å²) < 4.78 is 22.5. The van der Waals surface area contributed by atoms with Gasteiger partial charge in [0.1, 0.15) is 0 Å². The van der Waals surface area contributed by atoms with Gasteiger partial charge in [-0.2, -0.15) is 0 Å². The van der Waals surface area contributed by atoms with Gasteiger partial charge in [-0.05, 0) is 55.0 Å². The fourth-order valence-electron chi connectivity index (χ4n) is 3.19. The fraction of sp³-hybridized carbons (Fsp3) is 0.227. The minimum atomic E-state index is -3.66. The van der Waals surface area contributed by atoms with Crippen LogP contribution in [0.1, 0.15) is 30.4 Å². The molecule has 1 fully saturated rings. The van der Waals surface area contributed by atoms with E-state index >= 15 is 0 Å². The fourth-order valence-corrected chi connectivity index (χ4v) is 3.70. The van der Waals surface area contributed by atoms with Crippen LogP contribution in [0.2, 0.25) is 0 Å². The van der Waals surface area contributed by atoms with E-state index < -0.39 is 10.0 Å². The molecule has 3 rings (SSSR count). The highest BCUT2D eigenvalue weighted by Crippen LogP contribution is 2.26. The van der Waals surface area contributed by atoms with Crippen molar-refractivity contribution in [2.75, 3.05) is 6.54 Å². The lowest BCUT2D eigenvalue weighted by atomic mass is 9.88. The third kappa shape index (κ3) is 5.41. The Morgan fingerprint density at radius 1 is 0.964 bits per heavy atom. The number of primary sulfonamides is 1. The molecule has 0 unspecified atom stereocenters. The third-order valence-corrected chi connectivity index (χ3v) is 5.63. The van der Waals surface area contributed by atoms with Gasteiger partial charge in [0.2, 0.25) is 10.0 Å². The first-order valence-electron chi connectivity index (χ1n) is 9.28. The van der Waals surface area contributed by atoms with Crippen LogP contribution in [0.3, 0.4) is 0 Å². The van der Waals surface area contributed by atoms with Crippen LogP contribution < -0.4 is 10.5 Å². The van der Waals surface area contributed by atoms with Crippen molar-refractivity contribution in [1.82, 2.24) is 5.32 Å². The van der Waals surface area contributed by atoms with E-state index in [1.54, 1.807) is 12.1 Å². The Morgan fingerprint density at radius 3 is 2.32 bits per heavy atom. The minimum Gasteiger partial charge on any atom is -0.390 e. The molecule has 146 valence electrons. The molecular weight excluding hydrogens is 372 g/mol. The molecule has 0 saturated heterocycles. The largest absolute Gasteiger partial charge is 0.390 e. The molecule has 6 heteroatoms. The maximum atomic E-state index is 12.7. The van der Waals surface area contributed by atoms with E-state index in [1.807, 2.05) is 42.6 Å². The van der Waals surface area contributed by atoms with Gasteiger partial charge in [0.25, 0.3) is 0 Å². The number of carbonyl (C=O) groups excluding carboxylic acids is 1. The number of hydrogen-bond donors (Lipinski definition) is 2. The van der Waals surface area contributed by atoms with Crippen LogP contribution in [0.5, 0.6) is 0 Å². The van der Waals surface area contributed by atoms with Gasteiger partial charge in [-0.15, -0.1) is 0 Å². The van der Waals surface area contributed by atoms with E-state index in [1.165, 1.54) is 12.1 Å². The topological polar surface area (TPSA) is 89.3 Å². The molecule has 2 aromatic rings. The molecule has 3 N–H and O–H groups in total. The summed E-state index contributed by atoms with van der Waals surface area (Å²) >= 11 is 0. The Morgan fingerprint density at radius 2 is 1.64 bits per heavy atom. The highest BCUT2D eigenvalue weighted by molar-refractivity contribution is 7.89. The average molecular weight is 397 g/mol. The third-order valence-electron chi connectivity index (χ3n) is 4.70. The van der Waals surface area contributed by atoms with Crippen molar-refractivity contribution in [2.24, 2.45) is 5.14 Å². The molecule has 0 bridgehead atoms. The van der Waals surface area contributed by atoms with Crippen molar-refractivity contribution < 1.29 is 13.2 Å². The molecule has 0 aliphatic heterocycles. The number of allylic oxidation sites excluding steroid dienone is 2. The molecule has 2 aromatic carbocycles. The number of sulfonamides is 1. The zero-order valence-corrected chi connectivity index (χ0v) is 16.4. The summed E-state index contributed by atoms with van der Waals surface area (Å²) in [4.78, 5) is 12.8. The highest BCUT2D eigenvalue weighted by atomic mass is 32.2. The monoisotopic (exact) mass is 396 g/mol. The van der Waals surface area contributed by atoms with Gasteiger partial charge in [-0.25, -0.2) is 13.6 Å². The van der Waals surface area contributed by atoms with Gasteiger partial charge < -0.3 is 5.32 Å². The number of benzene rings is 2. The predicted molar refractivity (Wildman–Crippen MR) is 111 cm³/mol. The molecule has 1 aliphatic rings. The summed E-state index contributed by atoms with van der Waals surface area (Å²) in [5, 5.41) is 8.31. The quantitative estimate of drug-likeness (QED) is 0.580. The molecule has 5 nitrogen and oxygen atoms in total. The van der Waals surface area contributed by atoms with Gasteiger partial charge in [-0.1, -0.05) is 42.5 Å². The lowest BCUT2D eigenvalue weighted by Crippen LogP contribution is -2.17. The lowest BCUT2D eigenvalue weighted by molar-refractivity contribution is -0.112. The second-order valence-electron chi connectivity index (χ2n) is 6.83. The SMILES string of the molecule is NS(=O)(=O)c1ccc(CCN/C=C2\CCC/C(=C/c3ccccc3)C2=O)cc1. The second-order valence-corrected chi connectivity index (χ2v) is 8.39. The van der Waals surface area contributed by atoms with Crippen LogP contribution >= 0.6 is 0 Å². The lowest BCUT2D eigenvalue weighted by Gasteiger charge is -2.16. The van der Waals surface area contributed by atoms with Crippen LogP contribution in [0.15, 0.2) is 76.8 Å². The van der Waals surface area contributed by atoms with Crippen molar-refractivity contribution in [1.29, 1.82) is 0 Å². The summed E-state index contributed by atoms with van der Waals surface area (Å²) in [6.45, 7) is 0.656. The molecule has 1 saturated carbocycles. The number of nitrogens with one attached hydrogen (secondary N) is 1. The smallest absolute Gasteiger partial charge is 0.238 e. The van der Waals surface area contributed by atoms with Crippen molar-refractivity contribution in [2.45, 2.75) is 30.6 Å². The van der Waals surface area contributed by atoms with Gasteiger partial charge in [-0.3, -0.25) is 4.79 Å². The number of ketones is 1. The van der Waals surface area contributed by atoms with E-state index in [0.717, 1.165) is 48.0 Å². The summed E-state index contributed by atoms with van der Waals surface area (Å²) in [5.41, 5.74) is 3.70. The normalized spacial score (nSPS) is 17.8. The van der Waals surface area contributed by atoms with Crippen LogP contribution in [0.25, 0.3) is 6.08 Å². The predicted octanol–water partition coefficient (Wildman–Crippen LogP) is 3.19. The Balaban J connectivity index is 1.57. The van der Waals surface area contributed by atoms with E-state index in [2.05, 4.69) is 5.32 Å². The maximum absolute atomic E-state index is 12.7. The van der Waals surface area contributed by atoms with Crippen molar-refractivity contribution in [3.05, 3.63) is 83.1 Å². The first-order valence-corrected chi connectivity index (χ1v) is 10.8. The molecule has 0 amide bonds. The summed E-state index contributed by atoms with van der Waals surface area (Å²) in [6.07, 6.45) is 7.06. The van der Waals surface area contributed by atoms with E-state index in [4.69, 9.17) is 5.14 Å². The maximum Gasteiger partial charge on any atom is 0.238 e. The van der Waals surface area contributed by atoms with E-state index in [9.17, 15) is 13.2 Å². The molecule has 1 aliphatic carbocycles. The number of nitrogens with two attached hydrogens (primary N) is 1. The van der Waals surface area contributed by atoms with Gasteiger partial charge in [0.15, 0.2) is 5.78 Å². The average Bonchev–Trinajstić information content (AvgIpc) is 2.68. The molecule has 0 heterocycles. The summed E-state index contributed by atoms with van der Waals surface area (Å²) in [7, 11) is -3.66. The molecule has 0 atom stereocenters. The molecule has 0 spiro atoms. The highest BCUT2D eigenvalue weighted by Gasteiger charge is 2.20. The zero-order valence-electron chi connectivity index (χ0n) is 15.6. The molecule has 0 radical (unpaired) electrons. The van der Waals surface area contributed by atoms with Gasteiger partial charge in [0.05, 0.1) is 4.90 Å². The van der Waals surface area contributed by atoms with Crippen LogP contribution in [-0.4, -0.2) is 20.7 Å². The number of Topliss-reactive ketones (excluding diaryl/α,β-unsaturated/α-hetero) is 1. The first kappa shape index (κ1) is 20.0. The van der Waals surface area contributed by atoms with Crippen molar-refractivity contribution in [3.8, 4) is 0 Å². The molecule has 28 heavy (non-hydrogen) atoms. The Hall–Kier alpha value is -2.70. The Bertz CT molecular complexity index is 992. The second kappa shape index (κ2) is 8.99. The van der Waals surface area contributed by atoms with Crippen LogP contribution in [0, 0.1) is 0 Å². The Kier molecular flexibility index (Phi) is 6.44. The summed E-state index contributed by atoms with van der Waals surface area (Å²) in [6, 6.07) is 16.4. The first-order chi connectivity index (χ1) is 13.4. The number of carbonyl (C=O) groups is 1. The van der Waals surface area contributed by atoms with Gasteiger partial charge >= 0.3 is 0 Å². The standard InChI is InChI=1S/C22H24N2O3S/c23-28(26,27)21-11-9-17(10-12-21)13-14-24-16-20-8-4-7-19(22(20)25)15-18-5-2-1-3-6-18/h1-3,5-6,9-12,15-16,24H,4,7-8,13-14H2,(H2,23,26,27)/b19-15-,20-16+. The van der Waals surface area contributed by atoms with Crippen molar-refractivity contribution >= 4 is 21.9 Å². The Labute approximate surface area is 166 Å². The summed E-state index contributed by atoms with van der Waals surface area (Å²) in [5.74, 6) is 0.111. The zero-order chi connectivity index (χ0) is 20.0. The van der Waals surface area contributed by atoms with E-state index in [0.29, 0.717) is 6.54 Å². The number of hydrogen-bond acceptors (Lipinski definition) is 4. The van der Waals surface area contributed by atoms with Crippen molar-refractivity contribution in [3.63, 3.8) is 0 Å². The molecular formula is C22H24N2O3S. The van der Waals surface area contributed by atoms with Crippen LogP contribution in [0.4, 0.5) is 0 Å². The number of rotatable bonds is 6. The van der Waals surface area contributed by atoms with E-state index in [-0.39, 0.29) is 10.7 Å².